The Bertz CT molecular complexity index is 709. The lowest BCUT2D eigenvalue weighted by molar-refractivity contribution is 0.340. The molecule has 0 amide bonds. The summed E-state index contributed by atoms with van der Waals surface area (Å²) in [6.07, 6.45) is 1.21. The zero-order valence-corrected chi connectivity index (χ0v) is 14.3. The SMILES string of the molecule is CCOc1ccc(C(Br)c2cccc(S(C)(=O)=O)c2)cc1. The van der Waals surface area contributed by atoms with E-state index in [4.69, 9.17) is 4.74 Å². The lowest BCUT2D eigenvalue weighted by atomic mass is 10.0. The van der Waals surface area contributed by atoms with Gasteiger partial charge >= 0.3 is 0 Å². The first kappa shape index (κ1) is 16.0. The van der Waals surface area contributed by atoms with E-state index in [1.807, 2.05) is 37.3 Å². The molecule has 1 atom stereocenters. The van der Waals surface area contributed by atoms with Crippen molar-refractivity contribution in [2.24, 2.45) is 0 Å². The van der Waals surface area contributed by atoms with Gasteiger partial charge in [-0.2, -0.15) is 0 Å². The van der Waals surface area contributed by atoms with Crippen LogP contribution in [-0.2, 0) is 9.84 Å². The molecule has 0 aliphatic heterocycles. The van der Waals surface area contributed by atoms with Crippen molar-refractivity contribution in [3.05, 3.63) is 59.7 Å². The topological polar surface area (TPSA) is 43.4 Å². The molecule has 0 bridgehead atoms. The number of alkyl halides is 1. The molecule has 0 aliphatic carbocycles. The Morgan fingerprint density at radius 2 is 1.76 bits per heavy atom. The van der Waals surface area contributed by atoms with Gasteiger partial charge in [-0.25, -0.2) is 8.42 Å². The predicted octanol–water partition coefficient (Wildman–Crippen LogP) is 3.97. The van der Waals surface area contributed by atoms with Crippen LogP contribution in [0.3, 0.4) is 0 Å². The Kier molecular flexibility index (Phi) is 5.06. The molecule has 0 fully saturated rings. The Morgan fingerprint density at radius 1 is 1.10 bits per heavy atom. The molecule has 0 radical (unpaired) electrons. The molecule has 5 heteroatoms. The van der Waals surface area contributed by atoms with Gasteiger partial charge in [0.1, 0.15) is 5.75 Å². The maximum atomic E-state index is 11.6. The maximum Gasteiger partial charge on any atom is 0.175 e. The van der Waals surface area contributed by atoms with Gasteiger partial charge in [0.15, 0.2) is 9.84 Å². The van der Waals surface area contributed by atoms with Crippen LogP contribution in [0.25, 0.3) is 0 Å². The molecule has 2 aromatic carbocycles. The third-order valence-corrected chi connectivity index (χ3v) is 5.23. The fourth-order valence-electron chi connectivity index (χ4n) is 1.99. The van der Waals surface area contributed by atoms with Crippen LogP contribution in [0.5, 0.6) is 5.75 Å². The minimum absolute atomic E-state index is 0.0603. The largest absolute Gasteiger partial charge is 0.494 e. The maximum absolute atomic E-state index is 11.6. The molecule has 2 aromatic rings. The molecule has 0 aliphatic rings. The van der Waals surface area contributed by atoms with Crippen LogP contribution in [0, 0.1) is 0 Å². The molecule has 0 heterocycles. The second-order valence-electron chi connectivity index (χ2n) is 4.71. The summed E-state index contributed by atoms with van der Waals surface area (Å²) in [5, 5.41) is 0. The highest BCUT2D eigenvalue weighted by Crippen LogP contribution is 2.32. The van der Waals surface area contributed by atoms with Crippen LogP contribution in [0.1, 0.15) is 22.9 Å². The summed E-state index contributed by atoms with van der Waals surface area (Å²) in [7, 11) is -3.20. The van der Waals surface area contributed by atoms with E-state index in [0.29, 0.717) is 11.5 Å². The molecule has 2 rings (SSSR count). The zero-order chi connectivity index (χ0) is 15.5. The quantitative estimate of drug-likeness (QED) is 0.749. The van der Waals surface area contributed by atoms with E-state index >= 15 is 0 Å². The number of hydrogen-bond donors (Lipinski definition) is 0. The van der Waals surface area contributed by atoms with Crippen molar-refractivity contribution in [1.29, 1.82) is 0 Å². The van der Waals surface area contributed by atoms with Gasteiger partial charge in [-0.05, 0) is 42.3 Å². The normalized spacial score (nSPS) is 12.9. The number of hydrogen-bond acceptors (Lipinski definition) is 3. The van der Waals surface area contributed by atoms with Crippen molar-refractivity contribution in [2.75, 3.05) is 12.9 Å². The van der Waals surface area contributed by atoms with Crippen LogP contribution in [0.2, 0.25) is 0 Å². The Morgan fingerprint density at radius 3 is 2.33 bits per heavy atom. The van der Waals surface area contributed by atoms with Gasteiger partial charge in [0.25, 0.3) is 0 Å². The average Bonchev–Trinajstić information content (AvgIpc) is 2.47. The standard InChI is InChI=1S/C16H17BrO3S/c1-3-20-14-9-7-12(8-10-14)16(17)13-5-4-6-15(11-13)21(2,18)19/h4-11,16H,3H2,1-2H3. The minimum atomic E-state index is -3.20. The van der Waals surface area contributed by atoms with E-state index in [9.17, 15) is 8.42 Å². The lowest BCUT2D eigenvalue weighted by Gasteiger charge is -2.12. The molecule has 3 nitrogen and oxygen atoms in total. The third kappa shape index (κ3) is 4.08. The third-order valence-electron chi connectivity index (χ3n) is 3.06. The molecule has 0 aromatic heterocycles. The Hall–Kier alpha value is -1.33. The molecular weight excluding hydrogens is 352 g/mol. The molecule has 0 N–H and O–H groups in total. The van der Waals surface area contributed by atoms with E-state index in [1.165, 1.54) is 6.26 Å². The highest BCUT2D eigenvalue weighted by atomic mass is 79.9. The van der Waals surface area contributed by atoms with Gasteiger partial charge < -0.3 is 4.74 Å². The first-order chi connectivity index (χ1) is 9.91. The molecule has 1 unspecified atom stereocenters. The second kappa shape index (κ2) is 6.62. The summed E-state index contributed by atoms with van der Waals surface area (Å²) >= 11 is 3.62. The molecule has 0 saturated carbocycles. The van der Waals surface area contributed by atoms with Crippen molar-refractivity contribution in [3.8, 4) is 5.75 Å². The predicted molar refractivity (Wildman–Crippen MR) is 87.9 cm³/mol. The van der Waals surface area contributed by atoms with E-state index in [2.05, 4.69) is 15.9 Å². The van der Waals surface area contributed by atoms with Crippen LogP contribution in [0.15, 0.2) is 53.4 Å². The molecule has 21 heavy (non-hydrogen) atoms. The zero-order valence-electron chi connectivity index (χ0n) is 11.9. The van der Waals surface area contributed by atoms with Gasteiger partial charge in [-0.15, -0.1) is 0 Å². The summed E-state index contributed by atoms with van der Waals surface area (Å²) < 4.78 is 28.7. The van der Waals surface area contributed by atoms with E-state index in [-0.39, 0.29) is 4.83 Å². The number of sulfone groups is 1. The highest BCUT2D eigenvalue weighted by molar-refractivity contribution is 9.09. The van der Waals surface area contributed by atoms with Crippen LogP contribution in [-0.4, -0.2) is 21.3 Å². The number of ether oxygens (including phenoxy) is 1. The van der Waals surface area contributed by atoms with Crippen molar-refractivity contribution in [3.63, 3.8) is 0 Å². The van der Waals surface area contributed by atoms with Crippen LogP contribution >= 0.6 is 15.9 Å². The molecule has 0 saturated heterocycles. The van der Waals surface area contributed by atoms with Crippen LogP contribution in [0.4, 0.5) is 0 Å². The molecular formula is C16H17BrO3S. The van der Waals surface area contributed by atoms with Crippen molar-refractivity contribution in [1.82, 2.24) is 0 Å². The van der Waals surface area contributed by atoms with Gasteiger partial charge in [0.2, 0.25) is 0 Å². The van der Waals surface area contributed by atoms with Crippen molar-refractivity contribution < 1.29 is 13.2 Å². The van der Waals surface area contributed by atoms with Gasteiger partial charge in [0.05, 0.1) is 16.3 Å². The highest BCUT2D eigenvalue weighted by Gasteiger charge is 2.14. The number of halogens is 1. The summed E-state index contributed by atoms with van der Waals surface area (Å²) in [5.41, 5.74) is 1.95. The first-order valence-electron chi connectivity index (χ1n) is 6.58. The van der Waals surface area contributed by atoms with Gasteiger partial charge in [-0.1, -0.05) is 40.2 Å². The number of benzene rings is 2. The molecule has 0 spiro atoms. The van der Waals surface area contributed by atoms with Gasteiger partial charge in [-0.3, -0.25) is 0 Å². The average molecular weight is 369 g/mol. The Labute approximate surface area is 134 Å². The smallest absolute Gasteiger partial charge is 0.175 e. The first-order valence-corrected chi connectivity index (χ1v) is 9.39. The van der Waals surface area contributed by atoms with E-state index < -0.39 is 9.84 Å². The fraction of sp³-hybridized carbons (Fsp3) is 0.250. The van der Waals surface area contributed by atoms with E-state index in [0.717, 1.165) is 16.9 Å². The molecule has 112 valence electrons. The minimum Gasteiger partial charge on any atom is -0.494 e. The van der Waals surface area contributed by atoms with Crippen molar-refractivity contribution in [2.45, 2.75) is 16.6 Å². The summed E-state index contributed by atoms with van der Waals surface area (Å²) in [6.45, 7) is 2.57. The second-order valence-corrected chi connectivity index (χ2v) is 7.64. The van der Waals surface area contributed by atoms with Crippen molar-refractivity contribution >= 4 is 25.8 Å². The summed E-state index contributed by atoms with van der Waals surface area (Å²) in [4.78, 5) is 0.269. The lowest BCUT2D eigenvalue weighted by Crippen LogP contribution is -2.00. The fourth-order valence-corrected chi connectivity index (χ4v) is 3.26. The Balaban J connectivity index is 2.29. The van der Waals surface area contributed by atoms with Gasteiger partial charge in [0, 0.05) is 6.26 Å². The van der Waals surface area contributed by atoms with E-state index in [1.54, 1.807) is 18.2 Å². The number of rotatable bonds is 5. The summed E-state index contributed by atoms with van der Waals surface area (Å²) in [6, 6.07) is 14.7. The van der Waals surface area contributed by atoms with Crippen LogP contribution < -0.4 is 4.74 Å². The monoisotopic (exact) mass is 368 g/mol. The summed E-state index contributed by atoms with van der Waals surface area (Å²) in [5.74, 6) is 0.825.